The Kier molecular flexibility index (Phi) is 3.34. The van der Waals surface area contributed by atoms with Crippen LogP contribution in [0.3, 0.4) is 0 Å². The smallest absolute Gasteiger partial charge is 0.107 e. The maximum atomic E-state index is 10.1. The Morgan fingerprint density at radius 1 is 1.47 bits per heavy atom. The van der Waals surface area contributed by atoms with Gasteiger partial charge in [0, 0.05) is 24.1 Å². The first-order valence-corrected chi connectivity index (χ1v) is 5.49. The van der Waals surface area contributed by atoms with Crippen LogP contribution in [0, 0.1) is 6.92 Å². The molecule has 0 aliphatic carbocycles. The summed E-state index contributed by atoms with van der Waals surface area (Å²) in [5, 5.41) is 10.1. The SMILES string of the molecule is Cc1ccc(C(O)C2CCCCO2)cn1. The van der Waals surface area contributed by atoms with Gasteiger partial charge in [0.2, 0.25) is 0 Å². The summed E-state index contributed by atoms with van der Waals surface area (Å²) in [6, 6.07) is 3.84. The van der Waals surface area contributed by atoms with E-state index in [-0.39, 0.29) is 6.10 Å². The minimum absolute atomic E-state index is 0.0525. The summed E-state index contributed by atoms with van der Waals surface area (Å²) in [4.78, 5) is 4.18. The van der Waals surface area contributed by atoms with E-state index in [1.54, 1.807) is 6.20 Å². The van der Waals surface area contributed by atoms with E-state index >= 15 is 0 Å². The number of pyridine rings is 1. The van der Waals surface area contributed by atoms with Crippen molar-refractivity contribution in [3.05, 3.63) is 29.6 Å². The topological polar surface area (TPSA) is 42.4 Å². The zero-order valence-electron chi connectivity index (χ0n) is 9.02. The van der Waals surface area contributed by atoms with Crippen molar-refractivity contribution in [2.24, 2.45) is 0 Å². The van der Waals surface area contributed by atoms with Crippen LogP contribution < -0.4 is 0 Å². The van der Waals surface area contributed by atoms with E-state index in [0.717, 1.165) is 37.1 Å². The molecule has 1 N–H and O–H groups in total. The average molecular weight is 207 g/mol. The van der Waals surface area contributed by atoms with Crippen LogP contribution in [-0.2, 0) is 4.74 Å². The molecule has 0 saturated carbocycles. The normalized spacial score (nSPS) is 23.7. The number of rotatable bonds is 2. The molecule has 2 unspecified atom stereocenters. The first kappa shape index (κ1) is 10.6. The number of ether oxygens (including phenoxy) is 1. The van der Waals surface area contributed by atoms with Crippen molar-refractivity contribution in [3.8, 4) is 0 Å². The fraction of sp³-hybridized carbons (Fsp3) is 0.583. The lowest BCUT2D eigenvalue weighted by Gasteiger charge is -2.27. The summed E-state index contributed by atoms with van der Waals surface area (Å²) < 4.78 is 5.55. The van der Waals surface area contributed by atoms with E-state index in [1.165, 1.54) is 0 Å². The summed E-state index contributed by atoms with van der Waals surface area (Å²) in [6.45, 7) is 2.70. The average Bonchev–Trinajstić information content (AvgIpc) is 2.30. The molecule has 1 aliphatic rings. The molecule has 1 aromatic heterocycles. The third kappa shape index (κ3) is 2.55. The Morgan fingerprint density at radius 2 is 2.33 bits per heavy atom. The van der Waals surface area contributed by atoms with Gasteiger partial charge in [0.15, 0.2) is 0 Å². The molecule has 2 atom stereocenters. The van der Waals surface area contributed by atoms with Crippen LogP contribution in [0.25, 0.3) is 0 Å². The van der Waals surface area contributed by atoms with E-state index in [9.17, 15) is 5.11 Å². The van der Waals surface area contributed by atoms with Gasteiger partial charge in [0.05, 0.1) is 6.10 Å². The molecule has 0 bridgehead atoms. The quantitative estimate of drug-likeness (QED) is 0.806. The first-order chi connectivity index (χ1) is 7.27. The highest BCUT2D eigenvalue weighted by atomic mass is 16.5. The number of aliphatic hydroxyl groups excluding tert-OH is 1. The van der Waals surface area contributed by atoms with Crippen LogP contribution in [0.15, 0.2) is 18.3 Å². The zero-order valence-corrected chi connectivity index (χ0v) is 9.02. The lowest BCUT2D eigenvalue weighted by Crippen LogP contribution is -2.26. The third-order valence-corrected chi connectivity index (χ3v) is 2.84. The Hall–Kier alpha value is -0.930. The van der Waals surface area contributed by atoms with E-state index in [1.807, 2.05) is 19.1 Å². The molecule has 1 aromatic rings. The molecule has 1 aliphatic heterocycles. The highest BCUT2D eigenvalue weighted by Crippen LogP contribution is 2.25. The number of aliphatic hydroxyl groups is 1. The monoisotopic (exact) mass is 207 g/mol. The van der Waals surface area contributed by atoms with Crippen molar-refractivity contribution in [1.29, 1.82) is 0 Å². The van der Waals surface area contributed by atoms with Crippen LogP contribution in [-0.4, -0.2) is 22.8 Å². The summed E-state index contributed by atoms with van der Waals surface area (Å²) in [5.74, 6) is 0. The molecule has 0 amide bonds. The van der Waals surface area contributed by atoms with Crippen LogP contribution in [0.5, 0.6) is 0 Å². The zero-order chi connectivity index (χ0) is 10.7. The first-order valence-electron chi connectivity index (χ1n) is 5.49. The molecule has 0 spiro atoms. The maximum Gasteiger partial charge on any atom is 0.107 e. The minimum atomic E-state index is -0.529. The van der Waals surface area contributed by atoms with E-state index in [2.05, 4.69) is 4.98 Å². The number of aromatic nitrogens is 1. The van der Waals surface area contributed by atoms with Crippen LogP contribution in [0.2, 0.25) is 0 Å². The van der Waals surface area contributed by atoms with Gasteiger partial charge < -0.3 is 9.84 Å². The number of nitrogens with zero attached hydrogens (tertiary/aromatic N) is 1. The summed E-state index contributed by atoms with van der Waals surface area (Å²) in [7, 11) is 0. The van der Waals surface area contributed by atoms with Gasteiger partial charge in [-0.2, -0.15) is 0 Å². The van der Waals surface area contributed by atoms with Gasteiger partial charge in [-0.3, -0.25) is 4.98 Å². The molecule has 82 valence electrons. The van der Waals surface area contributed by atoms with Gasteiger partial charge in [-0.15, -0.1) is 0 Å². The van der Waals surface area contributed by atoms with Crippen molar-refractivity contribution >= 4 is 0 Å². The van der Waals surface area contributed by atoms with E-state index < -0.39 is 6.10 Å². The standard InChI is InChI=1S/C12H17NO2/c1-9-5-6-10(8-13-9)12(14)11-4-2-3-7-15-11/h5-6,8,11-12,14H,2-4,7H2,1H3. The van der Waals surface area contributed by atoms with Gasteiger partial charge in [-0.05, 0) is 32.3 Å². The lowest BCUT2D eigenvalue weighted by molar-refractivity contribution is -0.0634. The van der Waals surface area contributed by atoms with Crippen LogP contribution in [0.4, 0.5) is 0 Å². The van der Waals surface area contributed by atoms with Crippen molar-refractivity contribution in [2.75, 3.05) is 6.61 Å². The predicted molar refractivity (Wildman–Crippen MR) is 57.5 cm³/mol. The largest absolute Gasteiger partial charge is 0.386 e. The second kappa shape index (κ2) is 4.73. The van der Waals surface area contributed by atoms with Gasteiger partial charge in [0.25, 0.3) is 0 Å². The maximum absolute atomic E-state index is 10.1. The molecule has 15 heavy (non-hydrogen) atoms. The molecule has 0 aromatic carbocycles. The Labute approximate surface area is 90.1 Å². The second-order valence-electron chi connectivity index (χ2n) is 4.08. The van der Waals surface area contributed by atoms with Gasteiger partial charge in [0.1, 0.15) is 6.10 Å². The van der Waals surface area contributed by atoms with Gasteiger partial charge in [-0.25, -0.2) is 0 Å². The molecule has 0 radical (unpaired) electrons. The summed E-state index contributed by atoms with van der Waals surface area (Å²) >= 11 is 0. The van der Waals surface area contributed by atoms with E-state index in [4.69, 9.17) is 4.74 Å². The molecule has 3 nitrogen and oxygen atoms in total. The highest BCUT2D eigenvalue weighted by molar-refractivity contribution is 5.16. The molecule has 2 rings (SSSR count). The molecule has 2 heterocycles. The van der Waals surface area contributed by atoms with Gasteiger partial charge in [-0.1, -0.05) is 6.07 Å². The Balaban J connectivity index is 2.05. The fourth-order valence-corrected chi connectivity index (χ4v) is 1.88. The predicted octanol–water partition coefficient (Wildman–Crippen LogP) is 1.99. The molecule has 3 heteroatoms. The van der Waals surface area contributed by atoms with Crippen LogP contribution in [0.1, 0.15) is 36.6 Å². The van der Waals surface area contributed by atoms with Crippen molar-refractivity contribution in [3.63, 3.8) is 0 Å². The minimum Gasteiger partial charge on any atom is -0.386 e. The van der Waals surface area contributed by atoms with Gasteiger partial charge >= 0.3 is 0 Å². The van der Waals surface area contributed by atoms with Crippen molar-refractivity contribution < 1.29 is 9.84 Å². The Morgan fingerprint density at radius 3 is 2.93 bits per heavy atom. The van der Waals surface area contributed by atoms with Crippen LogP contribution >= 0.6 is 0 Å². The highest BCUT2D eigenvalue weighted by Gasteiger charge is 2.23. The van der Waals surface area contributed by atoms with E-state index in [0.29, 0.717) is 0 Å². The molecular formula is C12H17NO2. The fourth-order valence-electron chi connectivity index (χ4n) is 1.88. The summed E-state index contributed by atoms with van der Waals surface area (Å²) in [5.41, 5.74) is 1.82. The molecular weight excluding hydrogens is 190 g/mol. The lowest BCUT2D eigenvalue weighted by atomic mass is 9.99. The number of hydrogen-bond acceptors (Lipinski definition) is 3. The van der Waals surface area contributed by atoms with Crippen molar-refractivity contribution in [1.82, 2.24) is 4.98 Å². The molecule has 1 fully saturated rings. The number of aryl methyl sites for hydroxylation is 1. The summed E-state index contributed by atoms with van der Waals surface area (Å²) in [6.07, 6.45) is 4.34. The van der Waals surface area contributed by atoms with Crippen molar-refractivity contribution in [2.45, 2.75) is 38.4 Å². The number of hydrogen-bond donors (Lipinski definition) is 1. The molecule has 1 saturated heterocycles. The Bertz CT molecular complexity index is 304. The second-order valence-corrected chi connectivity index (χ2v) is 4.08. The third-order valence-electron chi connectivity index (χ3n) is 2.84.